The van der Waals surface area contributed by atoms with Gasteiger partial charge in [-0.2, -0.15) is 0 Å². The van der Waals surface area contributed by atoms with Crippen LogP contribution in [0, 0.1) is 18.2 Å². The topological polar surface area (TPSA) is 75.6 Å². The molecule has 0 atom stereocenters. The van der Waals surface area contributed by atoms with E-state index in [9.17, 15) is 19.1 Å². The minimum Gasteiger partial charge on any atom is -0.481 e. The van der Waals surface area contributed by atoms with Gasteiger partial charge in [-0.1, -0.05) is 12.1 Å². The van der Waals surface area contributed by atoms with Crippen LogP contribution >= 0.6 is 0 Å². The lowest BCUT2D eigenvalue weighted by molar-refractivity contribution is -0.154. The molecule has 1 aliphatic heterocycles. The molecular formula is C15H18FNO4. The molecule has 6 heteroatoms. The average Bonchev–Trinajstić information content (AvgIpc) is 2.48. The second kappa shape index (κ2) is 6.22. The molecule has 5 nitrogen and oxygen atoms in total. The van der Waals surface area contributed by atoms with Gasteiger partial charge in [-0.15, -0.1) is 0 Å². The Bertz CT molecular complexity index is 553. The Labute approximate surface area is 122 Å². The van der Waals surface area contributed by atoms with E-state index in [-0.39, 0.29) is 12.1 Å². The number of benzene rings is 1. The van der Waals surface area contributed by atoms with Crippen molar-refractivity contribution in [2.24, 2.45) is 5.41 Å². The van der Waals surface area contributed by atoms with E-state index in [0.717, 1.165) is 0 Å². The van der Waals surface area contributed by atoms with Gasteiger partial charge in [0, 0.05) is 19.8 Å². The van der Waals surface area contributed by atoms with E-state index in [1.165, 1.54) is 6.07 Å². The van der Waals surface area contributed by atoms with Crippen molar-refractivity contribution in [2.75, 3.05) is 19.8 Å². The Kier molecular flexibility index (Phi) is 4.57. The lowest BCUT2D eigenvalue weighted by atomic mass is 9.80. The number of hydrogen-bond acceptors (Lipinski definition) is 3. The van der Waals surface area contributed by atoms with Crippen LogP contribution in [0.15, 0.2) is 18.2 Å². The molecule has 114 valence electrons. The molecule has 0 saturated carbocycles. The van der Waals surface area contributed by atoms with Gasteiger partial charge in [0.25, 0.3) is 5.91 Å². The first-order valence-corrected chi connectivity index (χ1v) is 6.81. The summed E-state index contributed by atoms with van der Waals surface area (Å²) in [6, 6.07) is 4.55. The Hall–Kier alpha value is -1.95. The number of ether oxygens (including phenoxy) is 1. The second-order valence-corrected chi connectivity index (χ2v) is 5.32. The molecule has 0 aromatic heterocycles. The first kappa shape index (κ1) is 15.4. The fraction of sp³-hybridized carbons (Fsp3) is 0.467. The van der Waals surface area contributed by atoms with Gasteiger partial charge >= 0.3 is 5.97 Å². The number of carbonyl (C=O) groups is 2. The van der Waals surface area contributed by atoms with E-state index in [4.69, 9.17) is 4.74 Å². The smallest absolute Gasteiger partial charge is 0.311 e. The first-order valence-electron chi connectivity index (χ1n) is 6.81. The van der Waals surface area contributed by atoms with Crippen LogP contribution in [0.4, 0.5) is 4.39 Å². The Morgan fingerprint density at radius 3 is 2.67 bits per heavy atom. The minimum atomic E-state index is -1.03. The number of halogens is 1. The molecule has 1 aliphatic rings. The fourth-order valence-electron chi connectivity index (χ4n) is 2.40. The number of aryl methyl sites for hydroxylation is 1. The highest BCUT2D eigenvalue weighted by atomic mass is 19.1. The van der Waals surface area contributed by atoms with Crippen LogP contribution in [-0.4, -0.2) is 36.7 Å². The summed E-state index contributed by atoms with van der Waals surface area (Å²) in [5.74, 6) is -2.13. The van der Waals surface area contributed by atoms with Gasteiger partial charge in [0.2, 0.25) is 0 Å². The summed E-state index contributed by atoms with van der Waals surface area (Å²) in [7, 11) is 0. The van der Waals surface area contributed by atoms with Crippen LogP contribution in [0.1, 0.15) is 28.8 Å². The average molecular weight is 295 g/mol. The SMILES string of the molecule is Cc1cccc(C(=O)NCC2(C(=O)O)CCOCC2)c1F. The van der Waals surface area contributed by atoms with Crippen LogP contribution in [0.25, 0.3) is 0 Å². The number of rotatable bonds is 4. The summed E-state index contributed by atoms with van der Waals surface area (Å²) in [6.07, 6.45) is 0.665. The first-order chi connectivity index (χ1) is 9.96. The van der Waals surface area contributed by atoms with Crippen molar-refractivity contribution in [3.05, 3.63) is 35.1 Å². The van der Waals surface area contributed by atoms with Crippen molar-refractivity contribution >= 4 is 11.9 Å². The predicted molar refractivity (Wildman–Crippen MR) is 73.6 cm³/mol. The molecule has 0 radical (unpaired) electrons. The zero-order chi connectivity index (χ0) is 15.5. The van der Waals surface area contributed by atoms with Crippen LogP contribution in [0.2, 0.25) is 0 Å². The molecule has 2 N–H and O–H groups in total. The highest BCUT2D eigenvalue weighted by molar-refractivity contribution is 5.95. The Balaban J connectivity index is 2.09. The van der Waals surface area contributed by atoms with Crippen molar-refractivity contribution < 1.29 is 23.8 Å². The molecule has 0 aliphatic carbocycles. The predicted octanol–water partition coefficient (Wildman–Crippen LogP) is 1.75. The van der Waals surface area contributed by atoms with E-state index in [0.29, 0.717) is 31.6 Å². The van der Waals surface area contributed by atoms with E-state index >= 15 is 0 Å². The Morgan fingerprint density at radius 1 is 1.38 bits per heavy atom. The highest BCUT2D eigenvalue weighted by Crippen LogP contribution is 2.30. The molecule has 0 bridgehead atoms. The summed E-state index contributed by atoms with van der Waals surface area (Å²) in [4.78, 5) is 23.5. The third-order valence-corrected chi connectivity index (χ3v) is 3.93. The largest absolute Gasteiger partial charge is 0.481 e. The van der Waals surface area contributed by atoms with Gasteiger partial charge in [0.1, 0.15) is 5.82 Å². The maximum Gasteiger partial charge on any atom is 0.311 e. The summed E-state index contributed by atoms with van der Waals surface area (Å²) >= 11 is 0. The Morgan fingerprint density at radius 2 is 2.05 bits per heavy atom. The van der Waals surface area contributed by atoms with Crippen LogP contribution in [-0.2, 0) is 9.53 Å². The molecule has 1 aromatic rings. The number of carboxylic acid groups (broad SMARTS) is 1. The van der Waals surface area contributed by atoms with E-state index < -0.39 is 23.1 Å². The van der Waals surface area contributed by atoms with Crippen LogP contribution in [0.3, 0.4) is 0 Å². The second-order valence-electron chi connectivity index (χ2n) is 5.32. The number of hydrogen-bond donors (Lipinski definition) is 2. The maximum absolute atomic E-state index is 13.9. The van der Waals surface area contributed by atoms with Gasteiger partial charge < -0.3 is 15.2 Å². The number of amides is 1. The van der Waals surface area contributed by atoms with E-state index in [2.05, 4.69) is 5.32 Å². The van der Waals surface area contributed by atoms with Gasteiger partial charge in [-0.3, -0.25) is 9.59 Å². The quantitative estimate of drug-likeness (QED) is 0.887. The molecule has 1 amide bonds. The number of aliphatic carboxylic acids is 1. The van der Waals surface area contributed by atoms with E-state index in [1.54, 1.807) is 19.1 Å². The highest BCUT2D eigenvalue weighted by Gasteiger charge is 2.40. The summed E-state index contributed by atoms with van der Waals surface area (Å²) in [6.45, 7) is 2.24. The van der Waals surface area contributed by atoms with Crippen LogP contribution in [0.5, 0.6) is 0 Å². The lowest BCUT2D eigenvalue weighted by Crippen LogP contribution is -2.46. The van der Waals surface area contributed by atoms with Gasteiger partial charge in [-0.05, 0) is 31.4 Å². The van der Waals surface area contributed by atoms with Crippen molar-refractivity contribution in [1.82, 2.24) is 5.32 Å². The minimum absolute atomic E-state index is 0.0299. The summed E-state index contributed by atoms with van der Waals surface area (Å²) in [5, 5.41) is 11.9. The normalized spacial score (nSPS) is 17.2. The molecule has 0 unspecified atom stereocenters. The molecule has 1 aromatic carbocycles. The third-order valence-electron chi connectivity index (χ3n) is 3.93. The molecule has 2 rings (SSSR count). The zero-order valence-corrected chi connectivity index (χ0v) is 11.8. The molecule has 21 heavy (non-hydrogen) atoms. The van der Waals surface area contributed by atoms with Crippen molar-refractivity contribution in [1.29, 1.82) is 0 Å². The molecular weight excluding hydrogens is 277 g/mol. The van der Waals surface area contributed by atoms with Crippen molar-refractivity contribution in [3.63, 3.8) is 0 Å². The van der Waals surface area contributed by atoms with Crippen molar-refractivity contribution in [3.8, 4) is 0 Å². The molecule has 1 fully saturated rings. The summed E-state index contributed by atoms with van der Waals surface area (Å²) < 4.78 is 19.0. The maximum atomic E-state index is 13.9. The van der Waals surface area contributed by atoms with Crippen LogP contribution < -0.4 is 5.32 Å². The molecule has 0 spiro atoms. The third kappa shape index (κ3) is 3.21. The number of carboxylic acids is 1. The standard InChI is InChI=1S/C15H18FNO4/c1-10-3-2-4-11(12(10)16)13(18)17-9-15(14(19)20)5-7-21-8-6-15/h2-4H,5-9H2,1H3,(H,17,18)(H,19,20). The lowest BCUT2D eigenvalue weighted by Gasteiger charge is -2.33. The van der Waals surface area contributed by atoms with Gasteiger partial charge in [0.15, 0.2) is 0 Å². The fourth-order valence-corrected chi connectivity index (χ4v) is 2.40. The van der Waals surface area contributed by atoms with Gasteiger partial charge in [-0.25, -0.2) is 4.39 Å². The zero-order valence-electron chi connectivity index (χ0n) is 11.8. The van der Waals surface area contributed by atoms with Crippen molar-refractivity contribution in [2.45, 2.75) is 19.8 Å². The molecule has 1 saturated heterocycles. The monoisotopic (exact) mass is 295 g/mol. The molecule has 1 heterocycles. The van der Waals surface area contributed by atoms with E-state index in [1.807, 2.05) is 0 Å². The number of carbonyl (C=O) groups excluding carboxylic acids is 1. The van der Waals surface area contributed by atoms with Gasteiger partial charge in [0.05, 0.1) is 11.0 Å². The summed E-state index contributed by atoms with van der Waals surface area (Å²) in [5.41, 5.74) is -0.724. The number of nitrogens with one attached hydrogen (secondary N) is 1.